The molecule has 2 heterocycles. The second kappa shape index (κ2) is 3.10. The summed E-state index contributed by atoms with van der Waals surface area (Å²) in [6.45, 7) is 5.73. The highest BCUT2D eigenvalue weighted by Gasteiger charge is 2.41. The Labute approximate surface area is 93.3 Å². The summed E-state index contributed by atoms with van der Waals surface area (Å²) in [4.78, 5) is 23.7. The number of carbonyl (C=O) groups excluding carboxylic acids is 1. The molecule has 0 bridgehead atoms. The van der Waals surface area contributed by atoms with Crippen molar-refractivity contribution in [1.82, 2.24) is 9.88 Å². The second-order valence-corrected chi connectivity index (χ2v) is 4.57. The molecular formula is C11H15N3O2. The quantitative estimate of drug-likeness (QED) is 0.725. The van der Waals surface area contributed by atoms with Crippen LogP contribution in [-0.4, -0.2) is 10.5 Å². The highest BCUT2D eigenvalue weighted by Crippen LogP contribution is 2.28. The van der Waals surface area contributed by atoms with Crippen molar-refractivity contribution < 1.29 is 4.79 Å². The lowest BCUT2D eigenvalue weighted by Gasteiger charge is -2.31. The molecule has 2 rings (SSSR count). The number of hydrogen-bond acceptors (Lipinski definition) is 3. The van der Waals surface area contributed by atoms with Crippen LogP contribution in [0, 0.1) is 5.92 Å². The maximum absolute atomic E-state index is 12.0. The van der Waals surface area contributed by atoms with Crippen molar-refractivity contribution >= 4 is 11.6 Å². The van der Waals surface area contributed by atoms with E-state index < -0.39 is 5.66 Å². The lowest BCUT2D eigenvalue weighted by atomic mass is 9.98. The van der Waals surface area contributed by atoms with Gasteiger partial charge in [-0.15, -0.1) is 0 Å². The second-order valence-electron chi connectivity index (χ2n) is 4.57. The Morgan fingerprint density at radius 3 is 2.56 bits per heavy atom. The molecule has 5 heteroatoms. The van der Waals surface area contributed by atoms with E-state index >= 15 is 0 Å². The van der Waals surface area contributed by atoms with Gasteiger partial charge in [0.15, 0.2) is 0 Å². The Hall–Kier alpha value is -1.78. The van der Waals surface area contributed by atoms with Crippen molar-refractivity contribution in [3.05, 3.63) is 28.2 Å². The molecule has 1 aromatic heterocycles. The number of nitrogens with zero attached hydrogens (tertiary/aromatic N) is 1. The van der Waals surface area contributed by atoms with Gasteiger partial charge in [-0.2, -0.15) is 0 Å². The number of carbonyl (C=O) groups is 1. The van der Waals surface area contributed by atoms with Gasteiger partial charge in [0.25, 0.3) is 11.5 Å². The van der Waals surface area contributed by atoms with Crippen molar-refractivity contribution in [2.45, 2.75) is 26.4 Å². The molecule has 3 N–H and O–H groups in total. The van der Waals surface area contributed by atoms with Gasteiger partial charge in [0, 0.05) is 0 Å². The summed E-state index contributed by atoms with van der Waals surface area (Å²) in [5, 5.41) is 2.83. The van der Waals surface area contributed by atoms with Gasteiger partial charge in [-0.05, 0) is 25.0 Å². The van der Waals surface area contributed by atoms with Crippen LogP contribution in [0.4, 0.5) is 5.69 Å². The first-order valence-corrected chi connectivity index (χ1v) is 5.22. The van der Waals surface area contributed by atoms with Crippen LogP contribution < -0.4 is 16.6 Å². The highest BCUT2D eigenvalue weighted by molar-refractivity contribution is 5.95. The van der Waals surface area contributed by atoms with E-state index in [0.29, 0.717) is 5.69 Å². The maximum atomic E-state index is 12.0. The number of nitrogens with one attached hydrogen (secondary N) is 1. The predicted molar refractivity (Wildman–Crippen MR) is 61.1 cm³/mol. The topological polar surface area (TPSA) is 77.1 Å². The molecule has 86 valence electrons. The molecule has 0 saturated carbocycles. The fraction of sp³-hybridized carbons (Fsp3) is 0.455. The molecule has 16 heavy (non-hydrogen) atoms. The van der Waals surface area contributed by atoms with E-state index in [1.54, 1.807) is 6.07 Å². The Bertz CT molecular complexity index is 518. The number of aromatic nitrogens is 1. The zero-order chi connectivity index (χ0) is 12.1. The van der Waals surface area contributed by atoms with Crippen molar-refractivity contribution in [3.63, 3.8) is 0 Å². The average molecular weight is 221 g/mol. The third-order valence-electron chi connectivity index (χ3n) is 3.30. The Balaban J connectivity index is 2.79. The molecule has 1 amide bonds. The van der Waals surface area contributed by atoms with Crippen LogP contribution in [0.3, 0.4) is 0 Å². The number of nitrogens with two attached hydrogens (primary N) is 1. The lowest BCUT2D eigenvalue weighted by Crippen LogP contribution is -2.49. The minimum absolute atomic E-state index is 0.0946. The van der Waals surface area contributed by atoms with Gasteiger partial charge in [0.2, 0.25) is 0 Å². The van der Waals surface area contributed by atoms with Crippen molar-refractivity contribution in [3.8, 4) is 0 Å². The third-order valence-corrected chi connectivity index (χ3v) is 3.30. The van der Waals surface area contributed by atoms with Crippen LogP contribution in [0.15, 0.2) is 16.9 Å². The first-order chi connectivity index (χ1) is 7.38. The summed E-state index contributed by atoms with van der Waals surface area (Å²) in [5.74, 6) is -0.134. The van der Waals surface area contributed by atoms with Crippen LogP contribution >= 0.6 is 0 Å². The summed E-state index contributed by atoms with van der Waals surface area (Å²) in [7, 11) is 0. The molecule has 1 aromatic rings. The molecule has 1 aliphatic heterocycles. The lowest BCUT2D eigenvalue weighted by molar-refractivity contribution is 0.0892. The van der Waals surface area contributed by atoms with Gasteiger partial charge in [0.05, 0.1) is 5.69 Å². The first-order valence-electron chi connectivity index (χ1n) is 5.22. The summed E-state index contributed by atoms with van der Waals surface area (Å²) >= 11 is 0. The summed E-state index contributed by atoms with van der Waals surface area (Å²) in [6.07, 6.45) is 0. The van der Waals surface area contributed by atoms with E-state index in [-0.39, 0.29) is 23.1 Å². The Morgan fingerprint density at radius 2 is 2.00 bits per heavy atom. The first kappa shape index (κ1) is 10.7. The average Bonchev–Trinajstić information content (AvgIpc) is 2.46. The number of fused-ring (bicyclic) bond motifs is 1. The van der Waals surface area contributed by atoms with Gasteiger partial charge >= 0.3 is 0 Å². The van der Waals surface area contributed by atoms with Crippen molar-refractivity contribution in [1.29, 1.82) is 0 Å². The monoisotopic (exact) mass is 221 g/mol. The normalized spacial score (nSPS) is 23.4. The fourth-order valence-electron chi connectivity index (χ4n) is 1.94. The molecule has 0 saturated heterocycles. The van der Waals surface area contributed by atoms with E-state index in [4.69, 9.17) is 5.73 Å². The molecule has 5 nitrogen and oxygen atoms in total. The summed E-state index contributed by atoms with van der Waals surface area (Å²) in [6, 6.07) is 3.06. The highest BCUT2D eigenvalue weighted by atomic mass is 16.2. The molecule has 1 unspecified atom stereocenters. The predicted octanol–water partition coefficient (Wildman–Crippen LogP) is 0.503. The molecule has 1 aliphatic rings. The SMILES string of the molecule is CC(C)C1(C)NC(=O)c2ccc(N)c(=O)n21. The van der Waals surface area contributed by atoms with Gasteiger partial charge in [-0.3, -0.25) is 14.2 Å². The van der Waals surface area contributed by atoms with Gasteiger partial charge < -0.3 is 11.1 Å². The Kier molecular flexibility index (Phi) is 2.08. The van der Waals surface area contributed by atoms with Crippen molar-refractivity contribution in [2.24, 2.45) is 5.92 Å². The molecule has 1 atom stereocenters. The molecule has 0 spiro atoms. The molecule has 0 aromatic carbocycles. The standard InChI is InChI=1S/C11H15N3O2/c1-6(2)11(3)13-9(15)8-5-4-7(12)10(16)14(8)11/h4-6H,12H2,1-3H3,(H,13,15). The van der Waals surface area contributed by atoms with Gasteiger partial charge in [0.1, 0.15) is 11.4 Å². The molecule has 0 fully saturated rings. The van der Waals surface area contributed by atoms with E-state index in [9.17, 15) is 9.59 Å². The van der Waals surface area contributed by atoms with Crippen LogP contribution in [0.25, 0.3) is 0 Å². The number of pyridine rings is 1. The molecule has 0 radical (unpaired) electrons. The maximum Gasteiger partial charge on any atom is 0.276 e. The summed E-state index contributed by atoms with van der Waals surface area (Å²) < 4.78 is 1.45. The fourth-order valence-corrected chi connectivity index (χ4v) is 1.94. The van der Waals surface area contributed by atoms with Crippen LogP contribution in [0.5, 0.6) is 0 Å². The minimum atomic E-state index is -0.696. The zero-order valence-corrected chi connectivity index (χ0v) is 9.57. The third kappa shape index (κ3) is 1.17. The van der Waals surface area contributed by atoms with E-state index in [2.05, 4.69) is 5.32 Å². The van der Waals surface area contributed by atoms with Gasteiger partial charge in [-0.25, -0.2) is 0 Å². The van der Waals surface area contributed by atoms with Crippen LogP contribution in [0.1, 0.15) is 31.3 Å². The Morgan fingerprint density at radius 1 is 1.38 bits per heavy atom. The minimum Gasteiger partial charge on any atom is -0.394 e. The molecular weight excluding hydrogens is 206 g/mol. The van der Waals surface area contributed by atoms with Crippen molar-refractivity contribution in [2.75, 3.05) is 5.73 Å². The van der Waals surface area contributed by atoms with Crippen LogP contribution in [-0.2, 0) is 5.66 Å². The van der Waals surface area contributed by atoms with Gasteiger partial charge in [-0.1, -0.05) is 13.8 Å². The number of nitrogen functional groups attached to an aromatic ring is 1. The number of hydrogen-bond donors (Lipinski definition) is 2. The van der Waals surface area contributed by atoms with E-state index in [1.165, 1.54) is 10.6 Å². The summed E-state index contributed by atoms with van der Waals surface area (Å²) in [5.41, 5.74) is 5.11. The van der Waals surface area contributed by atoms with E-state index in [1.807, 2.05) is 20.8 Å². The number of anilines is 1. The number of rotatable bonds is 1. The largest absolute Gasteiger partial charge is 0.394 e. The molecule has 0 aliphatic carbocycles. The zero-order valence-electron chi connectivity index (χ0n) is 9.57. The van der Waals surface area contributed by atoms with Crippen LogP contribution in [0.2, 0.25) is 0 Å². The van der Waals surface area contributed by atoms with E-state index in [0.717, 1.165) is 0 Å². The smallest absolute Gasteiger partial charge is 0.276 e. The number of amides is 1.